The van der Waals surface area contributed by atoms with Gasteiger partial charge in [0.05, 0.1) is 10.4 Å². The van der Waals surface area contributed by atoms with Crippen molar-refractivity contribution in [2.75, 3.05) is 5.32 Å². The van der Waals surface area contributed by atoms with E-state index < -0.39 is 34.9 Å². The van der Waals surface area contributed by atoms with E-state index in [4.69, 9.17) is 12.2 Å². The number of nitrogens with zero attached hydrogens (tertiary/aromatic N) is 2. The monoisotopic (exact) mass is 415 g/mol. The summed E-state index contributed by atoms with van der Waals surface area (Å²) in [5.74, 6) is -0.300. The second-order valence-corrected chi connectivity index (χ2v) is 6.83. The van der Waals surface area contributed by atoms with Crippen LogP contribution in [0.4, 0.5) is 18.9 Å². The Hall–Kier alpha value is -2.73. The molecule has 1 unspecified atom stereocenters. The maximum absolute atomic E-state index is 12.8. The minimum atomic E-state index is -4.66. The van der Waals surface area contributed by atoms with Crippen LogP contribution in [-0.2, 0) is 11.0 Å². The van der Waals surface area contributed by atoms with Gasteiger partial charge in [-0.3, -0.25) is 19.3 Å². The number of alkyl halides is 3. The van der Waals surface area contributed by atoms with Crippen molar-refractivity contribution < 1.29 is 18.0 Å². The summed E-state index contributed by atoms with van der Waals surface area (Å²) in [6, 6.07) is 3.24. The van der Waals surface area contributed by atoms with Gasteiger partial charge in [0, 0.05) is 6.20 Å². The van der Waals surface area contributed by atoms with E-state index in [1.54, 1.807) is 12.1 Å². The number of aromatic nitrogens is 4. The Bertz CT molecular complexity index is 1080. The first kappa shape index (κ1) is 19.0. The lowest BCUT2D eigenvalue weighted by molar-refractivity contribution is -0.137. The fourth-order valence-corrected chi connectivity index (χ4v) is 3.34. The molecule has 3 aromatic heterocycles. The number of thiophene rings is 1. The largest absolute Gasteiger partial charge is 0.417 e. The first-order chi connectivity index (χ1) is 12.7. The molecule has 142 valence electrons. The number of aromatic amines is 2. The van der Waals surface area contributed by atoms with Crippen LogP contribution in [0, 0.1) is 4.77 Å². The van der Waals surface area contributed by atoms with Crippen LogP contribution >= 0.6 is 23.6 Å². The third-order valence-corrected chi connectivity index (χ3v) is 4.85. The lowest BCUT2D eigenvalue weighted by atomic mass is 10.2. The van der Waals surface area contributed by atoms with E-state index >= 15 is 0 Å². The Kier molecular flexibility index (Phi) is 5.02. The van der Waals surface area contributed by atoms with Crippen LogP contribution in [-0.4, -0.2) is 25.7 Å². The van der Waals surface area contributed by atoms with Gasteiger partial charge in [-0.15, -0.1) is 11.3 Å². The van der Waals surface area contributed by atoms with Crippen molar-refractivity contribution in [3.63, 3.8) is 0 Å². The predicted molar refractivity (Wildman–Crippen MR) is 96.1 cm³/mol. The van der Waals surface area contributed by atoms with Crippen LogP contribution < -0.4 is 10.9 Å². The SMILES string of the molecule is CC(C(=O)Nc1cc(C(F)(F)F)c[nH]c1=O)n1c(-c2cccs2)n[nH]c1=S. The Balaban J connectivity index is 1.92. The summed E-state index contributed by atoms with van der Waals surface area (Å²) in [5.41, 5.74) is -2.43. The molecule has 3 rings (SSSR count). The molecule has 0 aromatic carbocycles. The van der Waals surface area contributed by atoms with Crippen LogP contribution in [0.1, 0.15) is 18.5 Å². The zero-order valence-corrected chi connectivity index (χ0v) is 15.3. The Morgan fingerprint density at radius 1 is 1.44 bits per heavy atom. The third-order valence-electron chi connectivity index (χ3n) is 3.70. The highest BCUT2D eigenvalue weighted by Crippen LogP contribution is 2.29. The molecule has 0 aliphatic carbocycles. The normalized spacial score (nSPS) is 12.7. The zero-order chi connectivity index (χ0) is 19.8. The average Bonchev–Trinajstić information content (AvgIpc) is 3.24. The minimum Gasteiger partial charge on any atom is -0.327 e. The zero-order valence-electron chi connectivity index (χ0n) is 13.6. The number of hydrogen-bond donors (Lipinski definition) is 3. The summed E-state index contributed by atoms with van der Waals surface area (Å²) in [6.07, 6.45) is -4.11. The van der Waals surface area contributed by atoms with Gasteiger partial charge in [0.1, 0.15) is 11.7 Å². The number of carbonyl (C=O) groups excluding carboxylic acids is 1. The van der Waals surface area contributed by atoms with Gasteiger partial charge in [0.25, 0.3) is 5.56 Å². The van der Waals surface area contributed by atoms with E-state index in [1.807, 2.05) is 10.4 Å². The van der Waals surface area contributed by atoms with Gasteiger partial charge in [0.15, 0.2) is 10.6 Å². The third kappa shape index (κ3) is 3.85. The first-order valence-electron chi connectivity index (χ1n) is 7.50. The second-order valence-electron chi connectivity index (χ2n) is 5.49. The summed E-state index contributed by atoms with van der Waals surface area (Å²) in [4.78, 5) is 27.0. The number of halogens is 3. The topological polar surface area (TPSA) is 95.6 Å². The maximum atomic E-state index is 12.8. The van der Waals surface area contributed by atoms with Gasteiger partial charge in [-0.1, -0.05) is 6.07 Å². The van der Waals surface area contributed by atoms with Crippen molar-refractivity contribution >= 4 is 35.1 Å². The molecule has 0 radical (unpaired) electrons. The lowest BCUT2D eigenvalue weighted by Gasteiger charge is -2.15. The van der Waals surface area contributed by atoms with Crippen LogP contribution in [0.2, 0.25) is 0 Å². The Morgan fingerprint density at radius 3 is 2.81 bits per heavy atom. The lowest BCUT2D eigenvalue weighted by Crippen LogP contribution is -2.28. The standard InChI is InChI=1S/C15H12F3N5O2S2/c1-7(23-11(21-22-14(23)26)10-3-2-4-27-10)12(24)20-9-5-8(15(16,17)18)6-19-13(9)25/h2-7H,1H3,(H,19,25)(H,20,24)(H,22,26). The summed E-state index contributed by atoms with van der Waals surface area (Å²) in [7, 11) is 0. The molecule has 0 spiro atoms. The van der Waals surface area contributed by atoms with Crippen LogP contribution in [0.25, 0.3) is 10.7 Å². The van der Waals surface area contributed by atoms with Crippen molar-refractivity contribution in [1.29, 1.82) is 0 Å². The Morgan fingerprint density at radius 2 is 2.19 bits per heavy atom. The molecule has 0 aliphatic heterocycles. The van der Waals surface area contributed by atoms with E-state index in [2.05, 4.69) is 15.5 Å². The molecule has 3 N–H and O–H groups in total. The smallest absolute Gasteiger partial charge is 0.327 e. The van der Waals surface area contributed by atoms with Gasteiger partial charge in [-0.25, -0.2) is 0 Å². The molecule has 27 heavy (non-hydrogen) atoms. The van der Waals surface area contributed by atoms with E-state index in [1.165, 1.54) is 22.8 Å². The number of amides is 1. The molecule has 1 atom stereocenters. The number of nitrogens with one attached hydrogen (secondary N) is 3. The van der Waals surface area contributed by atoms with Crippen LogP contribution in [0.5, 0.6) is 0 Å². The number of pyridine rings is 1. The van der Waals surface area contributed by atoms with E-state index in [0.29, 0.717) is 18.1 Å². The summed E-state index contributed by atoms with van der Waals surface area (Å²) in [6.45, 7) is 1.50. The first-order valence-corrected chi connectivity index (χ1v) is 8.79. The Labute approximate surface area is 158 Å². The van der Waals surface area contributed by atoms with E-state index in [9.17, 15) is 22.8 Å². The molecular weight excluding hydrogens is 403 g/mol. The van der Waals surface area contributed by atoms with E-state index in [0.717, 1.165) is 4.88 Å². The number of hydrogen-bond acceptors (Lipinski definition) is 5. The highest BCUT2D eigenvalue weighted by atomic mass is 32.1. The number of anilines is 1. The molecule has 0 fully saturated rings. The maximum Gasteiger partial charge on any atom is 0.417 e. The molecule has 3 heterocycles. The molecule has 0 bridgehead atoms. The van der Waals surface area contributed by atoms with E-state index in [-0.39, 0.29) is 4.77 Å². The number of rotatable bonds is 4. The summed E-state index contributed by atoms with van der Waals surface area (Å²) in [5, 5.41) is 10.7. The molecule has 1 amide bonds. The van der Waals surface area contributed by atoms with Crippen molar-refractivity contribution in [1.82, 2.24) is 19.7 Å². The molecule has 3 aromatic rings. The van der Waals surface area contributed by atoms with Crippen molar-refractivity contribution in [3.05, 3.63) is 50.5 Å². The van der Waals surface area contributed by atoms with Gasteiger partial charge >= 0.3 is 6.18 Å². The molecule has 7 nitrogen and oxygen atoms in total. The molecule has 0 saturated carbocycles. The van der Waals surface area contributed by atoms with Gasteiger partial charge in [-0.2, -0.15) is 18.3 Å². The van der Waals surface area contributed by atoms with Crippen LogP contribution in [0.15, 0.2) is 34.6 Å². The molecule has 12 heteroatoms. The number of H-pyrrole nitrogens is 2. The quantitative estimate of drug-likeness (QED) is 0.568. The predicted octanol–water partition coefficient (Wildman–Crippen LogP) is 3.58. The second kappa shape index (κ2) is 7.12. The highest BCUT2D eigenvalue weighted by Gasteiger charge is 2.32. The van der Waals surface area contributed by atoms with Gasteiger partial charge in [-0.05, 0) is 36.7 Å². The number of carbonyl (C=O) groups is 1. The average molecular weight is 415 g/mol. The fourth-order valence-electron chi connectivity index (χ4n) is 2.34. The van der Waals surface area contributed by atoms with Crippen LogP contribution in [0.3, 0.4) is 0 Å². The van der Waals surface area contributed by atoms with Gasteiger partial charge in [0.2, 0.25) is 5.91 Å². The minimum absolute atomic E-state index is 0.166. The summed E-state index contributed by atoms with van der Waals surface area (Å²) >= 11 is 6.54. The van der Waals surface area contributed by atoms with Crippen molar-refractivity contribution in [3.8, 4) is 10.7 Å². The highest BCUT2D eigenvalue weighted by molar-refractivity contribution is 7.71. The molecule has 0 saturated heterocycles. The van der Waals surface area contributed by atoms with Crippen molar-refractivity contribution in [2.45, 2.75) is 19.1 Å². The fraction of sp³-hybridized carbons (Fsp3) is 0.200. The molecule has 0 aliphatic rings. The summed E-state index contributed by atoms with van der Waals surface area (Å²) < 4.78 is 40.0. The molecular formula is C15H12F3N5O2S2. The van der Waals surface area contributed by atoms with Gasteiger partial charge < -0.3 is 10.3 Å². The van der Waals surface area contributed by atoms with Crippen molar-refractivity contribution in [2.24, 2.45) is 0 Å².